The monoisotopic (exact) mass is 714 g/mol. The first-order valence-electron chi connectivity index (χ1n) is 17.3. The number of Topliss-reactive ketones (excluding diaryl/α,β-unsaturated/α-hetero) is 1. The van der Waals surface area contributed by atoms with E-state index in [9.17, 15) is 14.2 Å². The highest BCUT2D eigenvalue weighted by Gasteiger charge is 2.50. The maximum Gasteiger partial charge on any atom is 0.337 e. The van der Waals surface area contributed by atoms with E-state index in [1.165, 1.54) is 14.2 Å². The summed E-state index contributed by atoms with van der Waals surface area (Å²) in [7, 11) is -1.86. The molecule has 1 heterocycles. The number of benzene rings is 1. The quantitative estimate of drug-likeness (QED) is 0.0884. The highest BCUT2D eigenvalue weighted by Crippen LogP contribution is 2.48. The highest BCUT2D eigenvalue weighted by molar-refractivity contribution is 7.54. The predicted molar refractivity (Wildman–Crippen MR) is 191 cm³/mol. The molecule has 0 spiro atoms. The van der Waals surface area contributed by atoms with Crippen molar-refractivity contribution in [3.63, 3.8) is 0 Å². The van der Waals surface area contributed by atoms with Crippen LogP contribution in [-0.4, -0.2) is 78.1 Å². The molecule has 0 saturated carbocycles. The average Bonchev–Trinajstić information content (AvgIpc) is 3.00. The second-order valence-electron chi connectivity index (χ2n) is 15.2. The van der Waals surface area contributed by atoms with Crippen LogP contribution < -0.4 is 4.74 Å². The van der Waals surface area contributed by atoms with Crippen molar-refractivity contribution in [3.8, 4) is 5.75 Å². The zero-order valence-corrected chi connectivity index (χ0v) is 33.6. The molecule has 0 aliphatic carbocycles. The number of carbonyl (C=O) groups excluding carboxylic acids is 2. The Kier molecular flexibility index (Phi) is 16.0. The fraction of sp³-hybridized carbons (Fsp3) is 0.778. The smallest absolute Gasteiger partial charge is 0.337 e. The number of methoxy groups -OCH3 is 1. The molecule has 1 aromatic carbocycles. The van der Waals surface area contributed by atoms with Crippen LogP contribution in [0.15, 0.2) is 24.3 Å². The van der Waals surface area contributed by atoms with E-state index in [0.29, 0.717) is 29.5 Å². The molecule has 276 valence electrons. The van der Waals surface area contributed by atoms with Gasteiger partial charge in [-0.1, -0.05) is 53.7 Å². The van der Waals surface area contributed by atoms with Crippen molar-refractivity contribution in [2.24, 2.45) is 5.41 Å². The molecule has 0 unspecified atom stereocenters. The highest BCUT2D eigenvalue weighted by atomic mass is 31.2. The number of ketones is 1. The summed E-state index contributed by atoms with van der Waals surface area (Å²) in [6, 6.07) is 7.62. The van der Waals surface area contributed by atoms with E-state index in [1.807, 2.05) is 52.0 Å². The fourth-order valence-electron chi connectivity index (χ4n) is 7.01. The lowest BCUT2D eigenvalue weighted by molar-refractivity contribution is -0.214. The van der Waals surface area contributed by atoms with Gasteiger partial charge in [0.05, 0.1) is 36.9 Å². The summed E-state index contributed by atoms with van der Waals surface area (Å²) in [6.45, 7) is 21.0. The molecule has 0 aromatic heterocycles. The van der Waals surface area contributed by atoms with Gasteiger partial charge in [0.25, 0.3) is 0 Å². The fourth-order valence-corrected chi connectivity index (χ4v) is 13.6. The van der Waals surface area contributed by atoms with Gasteiger partial charge in [-0.2, -0.15) is 0 Å². The van der Waals surface area contributed by atoms with E-state index in [2.05, 4.69) is 41.5 Å². The lowest BCUT2D eigenvalue weighted by atomic mass is 9.86. The second kappa shape index (κ2) is 18.1. The summed E-state index contributed by atoms with van der Waals surface area (Å²) in [5.41, 5.74) is 0.0152. The molecular weight excluding hydrogens is 651 g/mol. The van der Waals surface area contributed by atoms with Crippen molar-refractivity contribution < 1.29 is 46.6 Å². The summed E-state index contributed by atoms with van der Waals surface area (Å²) in [5.74, 6) is 0.0474. The van der Waals surface area contributed by atoms with Gasteiger partial charge in [-0.15, -0.1) is 0 Å². The Morgan fingerprint density at radius 3 is 2.00 bits per heavy atom. The zero-order chi connectivity index (χ0) is 36.5. The van der Waals surface area contributed by atoms with E-state index >= 15 is 0 Å². The van der Waals surface area contributed by atoms with Gasteiger partial charge < -0.3 is 32.4 Å². The first kappa shape index (κ1) is 42.6. The zero-order valence-electron chi connectivity index (χ0n) is 31.8. The van der Waals surface area contributed by atoms with Crippen molar-refractivity contribution in [1.29, 1.82) is 0 Å². The van der Waals surface area contributed by atoms with Gasteiger partial charge in [-0.3, -0.25) is 14.2 Å². The number of ether oxygens (including phenoxy) is 4. The van der Waals surface area contributed by atoms with Gasteiger partial charge in [-0.05, 0) is 81.3 Å². The van der Waals surface area contributed by atoms with Crippen LogP contribution >= 0.6 is 7.60 Å². The maximum atomic E-state index is 13.6. The Balaban J connectivity index is 2.59. The van der Waals surface area contributed by atoms with E-state index in [4.69, 9.17) is 32.4 Å². The lowest BCUT2D eigenvalue weighted by Crippen LogP contribution is -2.57. The molecule has 1 fully saturated rings. The Hall–Kier alpha value is -1.59. The topological polar surface area (TPSA) is 116 Å². The Labute approximate surface area is 290 Å². The van der Waals surface area contributed by atoms with Crippen LogP contribution in [0.1, 0.15) is 100 Å². The van der Waals surface area contributed by atoms with Gasteiger partial charge in [-0.25, -0.2) is 0 Å². The first-order chi connectivity index (χ1) is 22.3. The molecule has 0 radical (unpaired) electrons. The van der Waals surface area contributed by atoms with E-state index in [1.54, 1.807) is 7.11 Å². The molecule has 1 aliphatic heterocycles. The van der Waals surface area contributed by atoms with Crippen LogP contribution in [0, 0.1) is 5.41 Å². The van der Waals surface area contributed by atoms with Crippen molar-refractivity contribution in [3.05, 3.63) is 29.8 Å². The van der Waals surface area contributed by atoms with Gasteiger partial charge in [0, 0.05) is 20.6 Å². The minimum absolute atomic E-state index is 0.0385. The molecule has 1 aliphatic rings. The Morgan fingerprint density at radius 2 is 1.52 bits per heavy atom. The van der Waals surface area contributed by atoms with Crippen LogP contribution in [0.2, 0.25) is 16.6 Å². The summed E-state index contributed by atoms with van der Waals surface area (Å²) < 4.78 is 55.3. The summed E-state index contributed by atoms with van der Waals surface area (Å²) in [6.07, 6.45) is -0.0848. The minimum atomic E-state index is -3.62. The van der Waals surface area contributed by atoms with Crippen molar-refractivity contribution in [2.45, 2.75) is 142 Å². The summed E-state index contributed by atoms with van der Waals surface area (Å²) in [5, 5.41) is 0. The number of rotatable bonds is 17. The summed E-state index contributed by atoms with van der Waals surface area (Å²) >= 11 is 0. The van der Waals surface area contributed by atoms with Crippen molar-refractivity contribution >= 4 is 27.7 Å². The molecule has 1 saturated heterocycles. The number of carbonyl (C=O) groups is 2. The molecule has 0 bridgehead atoms. The molecular formula is C36H63O10PSi. The molecule has 12 heteroatoms. The molecule has 0 amide bonds. The van der Waals surface area contributed by atoms with E-state index < -0.39 is 45.3 Å². The molecule has 1 aromatic rings. The Bertz CT molecular complexity index is 1180. The SMILES string of the molecule is COc1ccc(CO[C@@H]2CCC[C@H](O[Si](C(C)C)(C(C)C)C(C)C)[C@@H](COC(=O)C(C)(C)C)O[C@@]2(C)CC(=O)CP(=O)(OC)OC)cc1. The van der Waals surface area contributed by atoms with E-state index in [0.717, 1.165) is 17.7 Å². The van der Waals surface area contributed by atoms with Gasteiger partial charge in [0.2, 0.25) is 8.32 Å². The van der Waals surface area contributed by atoms with Gasteiger partial charge >= 0.3 is 13.6 Å². The van der Waals surface area contributed by atoms with Crippen LogP contribution in [0.5, 0.6) is 5.75 Å². The van der Waals surface area contributed by atoms with Crippen LogP contribution in [0.3, 0.4) is 0 Å². The van der Waals surface area contributed by atoms with E-state index in [-0.39, 0.29) is 37.5 Å². The van der Waals surface area contributed by atoms with Crippen LogP contribution in [-0.2, 0) is 48.4 Å². The lowest BCUT2D eigenvalue weighted by Gasteiger charge is -2.49. The number of hydrogen-bond acceptors (Lipinski definition) is 10. The predicted octanol–water partition coefficient (Wildman–Crippen LogP) is 8.50. The molecule has 2 rings (SSSR count). The second-order valence-corrected chi connectivity index (χ2v) is 22.9. The number of esters is 1. The molecule has 4 atom stereocenters. The molecule has 0 N–H and O–H groups in total. The largest absolute Gasteiger partial charge is 0.497 e. The van der Waals surface area contributed by atoms with Gasteiger partial charge in [0.15, 0.2) is 0 Å². The summed E-state index contributed by atoms with van der Waals surface area (Å²) in [4.78, 5) is 26.7. The third-order valence-electron chi connectivity index (χ3n) is 9.61. The standard InChI is InChI=1S/C36H63O10PSi/c1-25(2)48(26(3)4,27(5)6)46-31-15-14-16-33(43-22-28-17-19-30(40-11)20-18-28)36(10,21-29(37)24-47(39,41-12)42-13)45-32(31)23-44-34(38)35(7,8)9/h17-20,25-27,31-33H,14-16,21-24H2,1-13H3/t31-,32+,33+,36-/m0/s1. The normalized spacial score (nSPS) is 22.9. The van der Waals surface area contributed by atoms with Crippen LogP contribution in [0.25, 0.3) is 0 Å². The molecule has 10 nitrogen and oxygen atoms in total. The Morgan fingerprint density at radius 1 is 0.958 bits per heavy atom. The van der Waals surface area contributed by atoms with Crippen molar-refractivity contribution in [1.82, 2.24) is 0 Å². The van der Waals surface area contributed by atoms with Gasteiger partial charge in [0.1, 0.15) is 30.4 Å². The minimum Gasteiger partial charge on any atom is -0.497 e. The first-order valence-corrected chi connectivity index (χ1v) is 21.1. The van der Waals surface area contributed by atoms with Crippen LogP contribution in [0.4, 0.5) is 0 Å². The average molecular weight is 715 g/mol. The maximum absolute atomic E-state index is 13.6. The number of hydrogen-bond donors (Lipinski definition) is 0. The van der Waals surface area contributed by atoms with Crippen molar-refractivity contribution in [2.75, 3.05) is 34.1 Å². The third kappa shape index (κ3) is 11.2. The molecule has 48 heavy (non-hydrogen) atoms. The third-order valence-corrected chi connectivity index (χ3v) is 17.6.